The van der Waals surface area contributed by atoms with Crippen LogP contribution in [0.2, 0.25) is 0 Å². The maximum atomic E-state index is 12.6. The average Bonchev–Trinajstić information content (AvgIpc) is 3.41. The number of nitrogens with zero attached hydrogens (tertiary/aromatic N) is 1. The molecular formula is C19H21N3O4. The lowest BCUT2D eigenvalue weighted by Gasteiger charge is -2.12. The Morgan fingerprint density at radius 2 is 1.96 bits per heavy atom. The zero-order valence-electron chi connectivity index (χ0n) is 14.4. The van der Waals surface area contributed by atoms with Gasteiger partial charge in [0, 0.05) is 31.8 Å². The van der Waals surface area contributed by atoms with E-state index in [2.05, 4.69) is 10.6 Å². The normalized spacial score (nSPS) is 18.2. The molecule has 0 spiro atoms. The first-order chi connectivity index (χ1) is 12.5. The standard InChI is InChI=1S/C19H21N3O4/c1-20-18(25)15-7-13(17(24)21-16-8-14(16)11-23)10-22(19(15)26)9-12-5-3-2-4-6-12/h2-7,10,14,16,23H,8-9,11H2,1H3,(H,20,25)(H,21,24)/t14-,16+/m0/s1. The van der Waals surface area contributed by atoms with Gasteiger partial charge in [-0.05, 0) is 18.1 Å². The third-order valence-electron chi connectivity index (χ3n) is 4.49. The minimum Gasteiger partial charge on any atom is -0.396 e. The highest BCUT2D eigenvalue weighted by atomic mass is 16.3. The highest BCUT2D eigenvalue weighted by Crippen LogP contribution is 2.29. The number of pyridine rings is 1. The van der Waals surface area contributed by atoms with Gasteiger partial charge in [-0.25, -0.2) is 0 Å². The summed E-state index contributed by atoms with van der Waals surface area (Å²) < 4.78 is 1.37. The number of aromatic nitrogens is 1. The fraction of sp³-hybridized carbons (Fsp3) is 0.316. The zero-order chi connectivity index (χ0) is 18.7. The SMILES string of the molecule is CNC(=O)c1cc(C(=O)N[C@@H]2C[C@H]2CO)cn(Cc2ccccc2)c1=O. The summed E-state index contributed by atoms with van der Waals surface area (Å²) in [6, 6.07) is 10.6. The molecule has 1 saturated carbocycles. The van der Waals surface area contributed by atoms with Gasteiger partial charge in [0.05, 0.1) is 12.1 Å². The number of amides is 2. The molecular weight excluding hydrogens is 334 g/mol. The molecule has 0 aliphatic heterocycles. The molecule has 7 nitrogen and oxygen atoms in total. The molecule has 26 heavy (non-hydrogen) atoms. The Morgan fingerprint density at radius 1 is 1.23 bits per heavy atom. The van der Waals surface area contributed by atoms with Gasteiger partial charge >= 0.3 is 0 Å². The Morgan fingerprint density at radius 3 is 2.58 bits per heavy atom. The van der Waals surface area contributed by atoms with Gasteiger partial charge in [-0.3, -0.25) is 14.4 Å². The number of aliphatic hydroxyl groups is 1. The van der Waals surface area contributed by atoms with E-state index in [1.54, 1.807) is 0 Å². The quantitative estimate of drug-likeness (QED) is 0.697. The highest BCUT2D eigenvalue weighted by Gasteiger charge is 2.37. The van der Waals surface area contributed by atoms with Crippen LogP contribution >= 0.6 is 0 Å². The molecule has 1 aliphatic rings. The van der Waals surface area contributed by atoms with Gasteiger partial charge in [0.15, 0.2) is 0 Å². The van der Waals surface area contributed by atoms with E-state index in [9.17, 15) is 14.4 Å². The first kappa shape index (κ1) is 17.9. The maximum absolute atomic E-state index is 12.6. The van der Waals surface area contributed by atoms with Crippen LogP contribution in [0.1, 0.15) is 32.7 Å². The fourth-order valence-electron chi connectivity index (χ4n) is 2.83. The van der Waals surface area contributed by atoms with Crippen molar-refractivity contribution in [3.8, 4) is 0 Å². The predicted molar refractivity (Wildman–Crippen MR) is 96.1 cm³/mol. The molecule has 136 valence electrons. The Labute approximate surface area is 150 Å². The molecule has 0 unspecified atom stereocenters. The van der Waals surface area contributed by atoms with Crippen molar-refractivity contribution in [3.63, 3.8) is 0 Å². The lowest BCUT2D eigenvalue weighted by molar-refractivity contribution is 0.0946. The number of hydrogen-bond donors (Lipinski definition) is 3. The molecule has 0 radical (unpaired) electrons. The summed E-state index contributed by atoms with van der Waals surface area (Å²) in [5.74, 6) is -0.823. The van der Waals surface area contributed by atoms with E-state index in [0.717, 1.165) is 12.0 Å². The van der Waals surface area contributed by atoms with Crippen molar-refractivity contribution in [3.05, 3.63) is 69.6 Å². The Kier molecular flexibility index (Phi) is 5.18. The minimum atomic E-state index is -0.536. The van der Waals surface area contributed by atoms with Crippen molar-refractivity contribution >= 4 is 11.8 Å². The summed E-state index contributed by atoms with van der Waals surface area (Å²) in [5, 5.41) is 14.4. The van der Waals surface area contributed by atoms with Crippen LogP contribution in [0.5, 0.6) is 0 Å². The van der Waals surface area contributed by atoms with E-state index in [4.69, 9.17) is 5.11 Å². The number of benzene rings is 1. The molecule has 3 rings (SSSR count). The third kappa shape index (κ3) is 3.83. The minimum absolute atomic E-state index is 0.0297. The van der Waals surface area contributed by atoms with E-state index in [1.165, 1.54) is 23.9 Å². The summed E-state index contributed by atoms with van der Waals surface area (Å²) in [6.45, 7) is 0.287. The van der Waals surface area contributed by atoms with Gasteiger partial charge in [0.25, 0.3) is 17.4 Å². The summed E-state index contributed by atoms with van der Waals surface area (Å²) in [4.78, 5) is 37.2. The first-order valence-corrected chi connectivity index (χ1v) is 8.45. The van der Waals surface area contributed by atoms with Crippen molar-refractivity contribution < 1.29 is 14.7 Å². The monoisotopic (exact) mass is 355 g/mol. The predicted octanol–water partition coefficient (Wildman–Crippen LogP) is 0.367. The maximum Gasteiger partial charge on any atom is 0.263 e. The van der Waals surface area contributed by atoms with E-state index in [-0.39, 0.29) is 42.1 Å². The third-order valence-corrected chi connectivity index (χ3v) is 4.49. The van der Waals surface area contributed by atoms with Gasteiger partial charge in [-0.15, -0.1) is 0 Å². The first-order valence-electron chi connectivity index (χ1n) is 8.45. The fourth-order valence-corrected chi connectivity index (χ4v) is 2.83. The molecule has 1 heterocycles. The van der Waals surface area contributed by atoms with Crippen molar-refractivity contribution in [1.82, 2.24) is 15.2 Å². The van der Waals surface area contributed by atoms with Crippen LogP contribution in [-0.4, -0.2) is 41.2 Å². The molecule has 3 N–H and O–H groups in total. The lowest BCUT2D eigenvalue weighted by Crippen LogP contribution is -2.34. The van der Waals surface area contributed by atoms with E-state index < -0.39 is 11.5 Å². The molecule has 2 aromatic rings. The van der Waals surface area contributed by atoms with Crippen molar-refractivity contribution in [2.24, 2.45) is 5.92 Å². The molecule has 1 aromatic carbocycles. The molecule has 2 atom stereocenters. The van der Waals surface area contributed by atoms with E-state index in [0.29, 0.717) is 0 Å². The van der Waals surface area contributed by atoms with Crippen LogP contribution in [0.3, 0.4) is 0 Å². The van der Waals surface area contributed by atoms with Crippen LogP contribution in [0.15, 0.2) is 47.4 Å². The van der Waals surface area contributed by atoms with Gasteiger partial charge in [-0.1, -0.05) is 30.3 Å². The van der Waals surface area contributed by atoms with Gasteiger partial charge < -0.3 is 20.3 Å². The second-order valence-electron chi connectivity index (χ2n) is 6.40. The molecule has 2 amide bonds. The average molecular weight is 355 g/mol. The number of rotatable bonds is 6. The van der Waals surface area contributed by atoms with E-state index >= 15 is 0 Å². The van der Waals surface area contributed by atoms with Crippen LogP contribution < -0.4 is 16.2 Å². The van der Waals surface area contributed by atoms with Crippen molar-refractivity contribution in [2.45, 2.75) is 19.0 Å². The largest absolute Gasteiger partial charge is 0.396 e. The van der Waals surface area contributed by atoms with E-state index in [1.807, 2.05) is 30.3 Å². The topological polar surface area (TPSA) is 100 Å². The number of aliphatic hydroxyl groups excluding tert-OH is 1. The van der Waals surface area contributed by atoms with Crippen LogP contribution in [0.25, 0.3) is 0 Å². The molecule has 7 heteroatoms. The Balaban J connectivity index is 1.93. The number of hydrogen-bond acceptors (Lipinski definition) is 4. The van der Waals surface area contributed by atoms with Crippen molar-refractivity contribution in [1.29, 1.82) is 0 Å². The second kappa shape index (κ2) is 7.53. The zero-order valence-corrected chi connectivity index (χ0v) is 14.4. The highest BCUT2D eigenvalue weighted by molar-refractivity contribution is 5.99. The molecule has 0 saturated heterocycles. The van der Waals surface area contributed by atoms with Crippen molar-refractivity contribution in [2.75, 3.05) is 13.7 Å². The Hall–Kier alpha value is -2.93. The second-order valence-corrected chi connectivity index (χ2v) is 6.40. The van der Waals surface area contributed by atoms with Gasteiger partial charge in [0.2, 0.25) is 0 Å². The van der Waals surface area contributed by atoms with Gasteiger partial charge in [-0.2, -0.15) is 0 Å². The molecule has 0 bridgehead atoms. The summed E-state index contributed by atoms with van der Waals surface area (Å²) in [6.07, 6.45) is 2.20. The molecule has 1 fully saturated rings. The number of carbonyl (C=O) groups is 2. The van der Waals surface area contributed by atoms with Crippen LogP contribution in [-0.2, 0) is 6.54 Å². The molecule has 1 aliphatic carbocycles. The Bertz CT molecular complexity index is 876. The molecule has 1 aromatic heterocycles. The number of nitrogens with one attached hydrogen (secondary N) is 2. The summed E-state index contributed by atoms with van der Waals surface area (Å²) in [5.41, 5.74) is 0.593. The van der Waals surface area contributed by atoms with Crippen LogP contribution in [0, 0.1) is 5.92 Å². The number of carbonyl (C=O) groups excluding carboxylic acids is 2. The van der Waals surface area contributed by atoms with Crippen LogP contribution in [0.4, 0.5) is 0 Å². The van der Waals surface area contributed by atoms with Gasteiger partial charge in [0.1, 0.15) is 5.56 Å². The smallest absolute Gasteiger partial charge is 0.263 e. The lowest BCUT2D eigenvalue weighted by atomic mass is 10.1. The summed E-state index contributed by atoms with van der Waals surface area (Å²) >= 11 is 0. The summed E-state index contributed by atoms with van der Waals surface area (Å²) in [7, 11) is 1.44.